The highest BCUT2D eigenvalue weighted by atomic mass is 35.5. The van der Waals surface area contributed by atoms with Crippen LogP contribution in [0.1, 0.15) is 25.3 Å². The predicted octanol–water partition coefficient (Wildman–Crippen LogP) is 2.40. The van der Waals surface area contributed by atoms with Crippen molar-refractivity contribution in [1.29, 1.82) is 0 Å². The highest BCUT2D eigenvalue weighted by Gasteiger charge is 2.18. The minimum absolute atomic E-state index is 0.228. The van der Waals surface area contributed by atoms with Crippen LogP contribution in [0.5, 0.6) is 5.75 Å². The van der Waals surface area contributed by atoms with Gasteiger partial charge >= 0.3 is 5.97 Å². The molecule has 0 saturated heterocycles. The number of nitrogens with one attached hydrogen (secondary N) is 1. The molecule has 0 saturated carbocycles. The largest absolute Gasteiger partial charge is 0.484 e. The number of carboxylic acid groups (broad SMARTS) is 1. The molecule has 1 atom stereocenters. The molecule has 0 aliphatic heterocycles. The van der Waals surface area contributed by atoms with Crippen molar-refractivity contribution in [1.82, 2.24) is 5.32 Å². The summed E-state index contributed by atoms with van der Waals surface area (Å²) in [5, 5.41) is 12.0. The van der Waals surface area contributed by atoms with Crippen molar-refractivity contribution < 1.29 is 19.4 Å². The molecule has 2 N–H and O–H groups in total. The smallest absolute Gasteiger partial charge is 0.326 e. The van der Waals surface area contributed by atoms with E-state index in [0.717, 1.165) is 5.56 Å². The average Bonchev–Trinajstić information content (AvgIpc) is 2.39. The Morgan fingerprint density at radius 1 is 1.45 bits per heavy atom. The van der Waals surface area contributed by atoms with Gasteiger partial charge in [-0.2, -0.15) is 0 Å². The van der Waals surface area contributed by atoms with E-state index in [4.69, 9.17) is 21.4 Å². The summed E-state index contributed by atoms with van der Waals surface area (Å²) >= 11 is 5.88. The van der Waals surface area contributed by atoms with E-state index in [1.807, 2.05) is 13.8 Å². The Morgan fingerprint density at radius 3 is 2.70 bits per heavy atom. The third-order valence-electron chi connectivity index (χ3n) is 2.71. The molecule has 0 aliphatic rings. The maximum Gasteiger partial charge on any atom is 0.326 e. The van der Waals surface area contributed by atoms with Crippen LogP contribution in [0.15, 0.2) is 18.2 Å². The normalized spacial score (nSPS) is 11.8. The van der Waals surface area contributed by atoms with Gasteiger partial charge in [0, 0.05) is 5.02 Å². The maximum atomic E-state index is 11.6. The lowest BCUT2D eigenvalue weighted by Crippen LogP contribution is -2.42. The van der Waals surface area contributed by atoms with E-state index in [1.54, 1.807) is 18.2 Å². The minimum Gasteiger partial charge on any atom is -0.484 e. The van der Waals surface area contributed by atoms with Gasteiger partial charge in [-0.15, -0.1) is 0 Å². The Kier molecular flexibility index (Phi) is 6.31. The Hall–Kier alpha value is -1.75. The van der Waals surface area contributed by atoms with Gasteiger partial charge in [-0.1, -0.05) is 24.9 Å². The summed E-state index contributed by atoms with van der Waals surface area (Å²) < 4.78 is 5.30. The van der Waals surface area contributed by atoms with Crippen LogP contribution in [0.3, 0.4) is 0 Å². The number of amides is 1. The molecule has 110 valence electrons. The highest BCUT2D eigenvalue weighted by Crippen LogP contribution is 2.20. The molecule has 0 heterocycles. The summed E-state index contributed by atoms with van der Waals surface area (Å²) in [5.74, 6) is -0.981. The standard InChI is InChI=1S/C14H18ClNO4/c1-3-4-12(14(18)19)16-13(17)8-20-10-5-6-11(15)9(2)7-10/h5-7,12H,3-4,8H2,1-2H3,(H,16,17)(H,18,19)/t12-/m1/s1. The van der Waals surface area contributed by atoms with Gasteiger partial charge in [-0.25, -0.2) is 4.79 Å². The van der Waals surface area contributed by atoms with Crippen LogP contribution < -0.4 is 10.1 Å². The Morgan fingerprint density at radius 2 is 2.15 bits per heavy atom. The summed E-state index contributed by atoms with van der Waals surface area (Å²) in [5.41, 5.74) is 0.846. The van der Waals surface area contributed by atoms with Gasteiger partial charge in [-0.05, 0) is 37.1 Å². The first-order valence-corrected chi connectivity index (χ1v) is 6.73. The van der Waals surface area contributed by atoms with Crippen molar-refractivity contribution in [2.75, 3.05) is 6.61 Å². The van der Waals surface area contributed by atoms with Crippen molar-refractivity contribution >= 4 is 23.5 Å². The summed E-state index contributed by atoms with van der Waals surface area (Å²) in [6, 6.07) is 4.18. The van der Waals surface area contributed by atoms with E-state index in [9.17, 15) is 9.59 Å². The molecular formula is C14H18ClNO4. The number of aliphatic carboxylic acids is 1. The average molecular weight is 300 g/mol. The Labute approximate surface area is 122 Å². The first-order valence-electron chi connectivity index (χ1n) is 6.35. The van der Waals surface area contributed by atoms with Gasteiger partial charge in [0.15, 0.2) is 6.61 Å². The van der Waals surface area contributed by atoms with E-state index >= 15 is 0 Å². The first kappa shape index (κ1) is 16.3. The first-order chi connectivity index (χ1) is 9.43. The van der Waals surface area contributed by atoms with Crippen LogP contribution >= 0.6 is 11.6 Å². The minimum atomic E-state index is -1.04. The van der Waals surface area contributed by atoms with E-state index in [-0.39, 0.29) is 6.61 Å². The highest BCUT2D eigenvalue weighted by molar-refractivity contribution is 6.31. The lowest BCUT2D eigenvalue weighted by Gasteiger charge is -2.14. The third kappa shape index (κ3) is 5.09. The van der Waals surface area contributed by atoms with Crippen molar-refractivity contribution in [3.63, 3.8) is 0 Å². The van der Waals surface area contributed by atoms with Crippen LogP contribution in [0.4, 0.5) is 0 Å². The predicted molar refractivity (Wildman–Crippen MR) is 76.2 cm³/mol. The summed E-state index contributed by atoms with van der Waals surface area (Å²) in [6.45, 7) is 3.46. The number of benzene rings is 1. The number of ether oxygens (including phenoxy) is 1. The molecule has 5 nitrogen and oxygen atoms in total. The maximum absolute atomic E-state index is 11.6. The van der Waals surface area contributed by atoms with Crippen molar-refractivity contribution in [3.05, 3.63) is 28.8 Å². The number of hydrogen-bond donors (Lipinski definition) is 2. The van der Waals surface area contributed by atoms with Crippen molar-refractivity contribution in [2.45, 2.75) is 32.7 Å². The van der Waals surface area contributed by atoms with Gasteiger partial charge in [-0.3, -0.25) is 4.79 Å². The molecule has 1 rings (SSSR count). The number of aryl methyl sites for hydroxylation is 1. The quantitative estimate of drug-likeness (QED) is 0.810. The molecule has 1 aromatic rings. The molecule has 0 spiro atoms. The Bertz CT molecular complexity index is 490. The second-order valence-corrected chi connectivity index (χ2v) is 4.85. The molecule has 20 heavy (non-hydrogen) atoms. The third-order valence-corrected chi connectivity index (χ3v) is 3.13. The number of carbonyl (C=O) groups excluding carboxylic acids is 1. The van der Waals surface area contributed by atoms with Gasteiger partial charge in [0.05, 0.1) is 0 Å². The van der Waals surface area contributed by atoms with Crippen molar-refractivity contribution in [2.24, 2.45) is 0 Å². The second-order valence-electron chi connectivity index (χ2n) is 4.45. The van der Waals surface area contributed by atoms with Gasteiger partial charge in [0.1, 0.15) is 11.8 Å². The van der Waals surface area contributed by atoms with Crippen LogP contribution in [-0.4, -0.2) is 29.6 Å². The van der Waals surface area contributed by atoms with E-state index in [0.29, 0.717) is 23.6 Å². The summed E-state index contributed by atoms with van der Waals surface area (Å²) in [7, 11) is 0. The molecule has 1 amide bonds. The van der Waals surface area contributed by atoms with Gasteiger partial charge < -0.3 is 15.2 Å². The lowest BCUT2D eigenvalue weighted by atomic mass is 10.2. The fraction of sp³-hybridized carbons (Fsp3) is 0.429. The zero-order valence-electron chi connectivity index (χ0n) is 11.5. The van der Waals surface area contributed by atoms with Crippen LogP contribution in [0.2, 0.25) is 5.02 Å². The molecule has 0 aliphatic carbocycles. The molecule has 1 aromatic carbocycles. The molecular weight excluding hydrogens is 282 g/mol. The molecule has 0 bridgehead atoms. The zero-order valence-corrected chi connectivity index (χ0v) is 12.2. The van der Waals surface area contributed by atoms with Crippen LogP contribution in [0, 0.1) is 6.92 Å². The van der Waals surface area contributed by atoms with Crippen LogP contribution in [-0.2, 0) is 9.59 Å². The fourth-order valence-corrected chi connectivity index (χ4v) is 1.76. The van der Waals surface area contributed by atoms with E-state index in [2.05, 4.69) is 5.32 Å². The topological polar surface area (TPSA) is 75.6 Å². The number of carbonyl (C=O) groups is 2. The SMILES string of the molecule is CCC[C@@H](NC(=O)COc1ccc(Cl)c(C)c1)C(=O)O. The van der Waals surface area contributed by atoms with Crippen LogP contribution in [0.25, 0.3) is 0 Å². The second kappa shape index (κ2) is 7.75. The van der Waals surface area contributed by atoms with E-state index < -0.39 is 17.9 Å². The summed E-state index contributed by atoms with van der Waals surface area (Å²) in [6.07, 6.45) is 1.07. The number of hydrogen-bond acceptors (Lipinski definition) is 3. The summed E-state index contributed by atoms with van der Waals surface area (Å²) in [4.78, 5) is 22.5. The van der Waals surface area contributed by atoms with Gasteiger partial charge in [0.2, 0.25) is 0 Å². The molecule has 0 aromatic heterocycles. The Balaban J connectivity index is 2.50. The molecule has 6 heteroatoms. The van der Waals surface area contributed by atoms with E-state index in [1.165, 1.54) is 0 Å². The van der Waals surface area contributed by atoms with Crippen molar-refractivity contribution in [3.8, 4) is 5.75 Å². The van der Waals surface area contributed by atoms with Gasteiger partial charge in [0.25, 0.3) is 5.91 Å². The number of halogens is 1. The number of carboxylic acids is 1. The molecule has 0 fully saturated rings. The molecule has 0 unspecified atom stereocenters. The zero-order chi connectivity index (χ0) is 15.1. The fourth-order valence-electron chi connectivity index (χ4n) is 1.64. The monoisotopic (exact) mass is 299 g/mol. The number of rotatable bonds is 7. The molecule has 0 radical (unpaired) electrons. The lowest BCUT2D eigenvalue weighted by molar-refractivity contribution is -0.142.